The van der Waals surface area contributed by atoms with Crippen LogP contribution in [0, 0.1) is 0 Å². The topological polar surface area (TPSA) is 107 Å². The molecule has 1 saturated heterocycles. The molecule has 7 heteroatoms. The van der Waals surface area contributed by atoms with E-state index < -0.39 is 30.1 Å². The Balaban J connectivity index is 1.67. The zero-order chi connectivity index (χ0) is 22.1. The van der Waals surface area contributed by atoms with E-state index in [1.807, 2.05) is 48.5 Å². The monoisotopic (exact) mass is 420 g/mol. The van der Waals surface area contributed by atoms with Crippen molar-refractivity contribution in [3.63, 3.8) is 0 Å². The zero-order valence-electron chi connectivity index (χ0n) is 17.1. The maximum atomic E-state index is 12.9. The lowest BCUT2D eigenvalue weighted by atomic mass is 9.92. The van der Waals surface area contributed by atoms with E-state index in [-0.39, 0.29) is 25.3 Å². The lowest BCUT2D eigenvalue weighted by molar-refractivity contribution is -0.143. The Hall–Kier alpha value is -3.45. The summed E-state index contributed by atoms with van der Waals surface area (Å²) in [5.41, 5.74) is 0.844. The van der Waals surface area contributed by atoms with E-state index in [1.54, 1.807) is 0 Å². The van der Waals surface area contributed by atoms with Crippen LogP contribution in [0.2, 0.25) is 0 Å². The lowest BCUT2D eigenvalue weighted by Gasteiger charge is -2.24. The van der Waals surface area contributed by atoms with Gasteiger partial charge >= 0.3 is 5.97 Å². The number of aliphatic carboxylic acids is 1. The van der Waals surface area contributed by atoms with Gasteiger partial charge in [0.15, 0.2) is 0 Å². The molecule has 31 heavy (non-hydrogen) atoms. The Bertz CT molecular complexity index is 1120. The van der Waals surface area contributed by atoms with Gasteiger partial charge in [-0.15, -0.1) is 0 Å². The average molecular weight is 420 g/mol. The molecule has 3 N–H and O–H groups in total. The Kier molecular flexibility index (Phi) is 5.61. The van der Waals surface area contributed by atoms with Gasteiger partial charge in [-0.2, -0.15) is 0 Å². The number of β-amino-alcohol motifs (C(OH)–C–C–N with tert-alkyl or cyclic N) is 1. The number of carboxylic acids is 1. The molecule has 0 saturated carbocycles. The van der Waals surface area contributed by atoms with Gasteiger partial charge in [0.1, 0.15) is 12.1 Å². The SMILES string of the molecule is CC(=O)N1C[C@H](O)C[C@H]1C(=O)N[C@@H](Cc1c2ccccc2cc2ccccc12)C(=O)O. The lowest BCUT2D eigenvalue weighted by Crippen LogP contribution is -2.51. The molecular weight excluding hydrogens is 396 g/mol. The molecule has 160 valence electrons. The number of nitrogens with zero attached hydrogens (tertiary/aromatic N) is 1. The molecule has 0 bridgehead atoms. The summed E-state index contributed by atoms with van der Waals surface area (Å²) >= 11 is 0. The van der Waals surface area contributed by atoms with Crippen molar-refractivity contribution in [3.05, 3.63) is 60.2 Å². The molecular formula is C24H24N2O5. The summed E-state index contributed by atoms with van der Waals surface area (Å²) in [5.74, 6) is -2.05. The number of aliphatic hydroxyl groups excluding tert-OH is 1. The van der Waals surface area contributed by atoms with Crippen LogP contribution < -0.4 is 5.32 Å². The second-order valence-corrected chi connectivity index (χ2v) is 7.98. The minimum atomic E-state index is -1.17. The summed E-state index contributed by atoms with van der Waals surface area (Å²) in [7, 11) is 0. The molecule has 1 aliphatic heterocycles. The summed E-state index contributed by atoms with van der Waals surface area (Å²) in [6.45, 7) is 1.40. The predicted octanol–water partition coefficient (Wildman–Crippen LogP) is 2.09. The quantitative estimate of drug-likeness (QED) is 0.548. The highest BCUT2D eigenvalue weighted by Gasteiger charge is 2.38. The van der Waals surface area contributed by atoms with E-state index in [0.29, 0.717) is 0 Å². The molecule has 7 nitrogen and oxygen atoms in total. The van der Waals surface area contributed by atoms with Crippen molar-refractivity contribution in [1.82, 2.24) is 10.2 Å². The number of fused-ring (bicyclic) bond motifs is 2. The van der Waals surface area contributed by atoms with Crippen LogP contribution in [0.4, 0.5) is 0 Å². The standard InChI is InChI=1S/C24H24N2O5/c1-14(27)26-13-17(28)11-22(26)23(29)25-21(24(30)31)12-20-18-8-4-2-6-15(18)10-16-7-3-5-9-19(16)20/h2-10,17,21-22,28H,11-13H2,1H3,(H,25,29)(H,30,31)/t17-,21+,22+/m1/s1. The molecule has 0 aromatic heterocycles. The largest absolute Gasteiger partial charge is 0.480 e. The van der Waals surface area contributed by atoms with Crippen LogP contribution in [0.3, 0.4) is 0 Å². The van der Waals surface area contributed by atoms with E-state index in [2.05, 4.69) is 11.4 Å². The van der Waals surface area contributed by atoms with Crippen LogP contribution in [0.15, 0.2) is 54.6 Å². The second-order valence-electron chi connectivity index (χ2n) is 7.98. The van der Waals surface area contributed by atoms with Gasteiger partial charge in [0.25, 0.3) is 0 Å². The van der Waals surface area contributed by atoms with Crippen LogP contribution in [-0.4, -0.2) is 57.6 Å². The number of benzene rings is 3. The summed E-state index contributed by atoms with van der Waals surface area (Å²) in [5, 5.41) is 26.2. The number of aliphatic hydroxyl groups is 1. The van der Waals surface area contributed by atoms with Crippen LogP contribution >= 0.6 is 0 Å². The number of amides is 2. The van der Waals surface area contributed by atoms with E-state index in [1.165, 1.54) is 11.8 Å². The molecule has 1 fully saturated rings. The van der Waals surface area contributed by atoms with Crippen molar-refractivity contribution in [2.75, 3.05) is 6.54 Å². The Labute approximate surface area is 179 Å². The van der Waals surface area contributed by atoms with Crippen molar-refractivity contribution >= 4 is 39.3 Å². The van der Waals surface area contributed by atoms with Gasteiger partial charge in [0.05, 0.1) is 6.10 Å². The highest BCUT2D eigenvalue weighted by atomic mass is 16.4. The van der Waals surface area contributed by atoms with Crippen molar-refractivity contribution < 1.29 is 24.6 Å². The molecule has 3 aromatic rings. The number of carbonyl (C=O) groups excluding carboxylic acids is 2. The molecule has 2 amide bonds. The van der Waals surface area contributed by atoms with Gasteiger partial charge in [-0.3, -0.25) is 9.59 Å². The van der Waals surface area contributed by atoms with Gasteiger partial charge in [-0.25, -0.2) is 4.79 Å². The third-order valence-corrected chi connectivity index (χ3v) is 5.89. The first-order valence-corrected chi connectivity index (χ1v) is 10.2. The minimum absolute atomic E-state index is 0.0686. The fraction of sp³-hybridized carbons (Fsp3) is 0.292. The highest BCUT2D eigenvalue weighted by molar-refractivity contribution is 6.03. The fourth-order valence-corrected chi connectivity index (χ4v) is 4.41. The maximum Gasteiger partial charge on any atom is 0.326 e. The molecule has 1 aliphatic rings. The molecule has 3 atom stereocenters. The highest BCUT2D eigenvalue weighted by Crippen LogP contribution is 2.29. The molecule has 4 rings (SSSR count). The smallest absolute Gasteiger partial charge is 0.326 e. The predicted molar refractivity (Wildman–Crippen MR) is 117 cm³/mol. The van der Waals surface area contributed by atoms with Crippen LogP contribution in [0.1, 0.15) is 18.9 Å². The first kappa shape index (κ1) is 20.8. The van der Waals surface area contributed by atoms with Gasteiger partial charge in [-0.05, 0) is 33.2 Å². The number of carboxylic acid groups (broad SMARTS) is 1. The van der Waals surface area contributed by atoms with Crippen molar-refractivity contribution in [3.8, 4) is 0 Å². The van der Waals surface area contributed by atoms with Crippen molar-refractivity contribution in [2.24, 2.45) is 0 Å². The number of hydrogen-bond donors (Lipinski definition) is 3. The molecule has 0 aliphatic carbocycles. The third kappa shape index (κ3) is 4.09. The first-order chi connectivity index (χ1) is 14.8. The van der Waals surface area contributed by atoms with E-state index in [9.17, 15) is 24.6 Å². The number of rotatable bonds is 5. The molecule has 0 radical (unpaired) electrons. The summed E-state index contributed by atoms with van der Waals surface area (Å²) in [6.07, 6.45) is -0.613. The summed E-state index contributed by atoms with van der Waals surface area (Å²) < 4.78 is 0. The Morgan fingerprint density at radius 3 is 2.19 bits per heavy atom. The normalized spacial score (nSPS) is 19.5. The van der Waals surface area contributed by atoms with Crippen molar-refractivity contribution in [2.45, 2.75) is 38.0 Å². The fourth-order valence-electron chi connectivity index (χ4n) is 4.41. The van der Waals surface area contributed by atoms with E-state index in [0.717, 1.165) is 27.1 Å². The molecule has 3 aromatic carbocycles. The Morgan fingerprint density at radius 1 is 1.06 bits per heavy atom. The number of hydrogen-bond acceptors (Lipinski definition) is 4. The number of likely N-dealkylation sites (tertiary alicyclic amines) is 1. The van der Waals surface area contributed by atoms with Crippen LogP contribution in [0.25, 0.3) is 21.5 Å². The minimum Gasteiger partial charge on any atom is -0.480 e. The van der Waals surface area contributed by atoms with Crippen LogP contribution in [0.5, 0.6) is 0 Å². The Morgan fingerprint density at radius 2 is 1.65 bits per heavy atom. The van der Waals surface area contributed by atoms with Crippen molar-refractivity contribution in [1.29, 1.82) is 0 Å². The van der Waals surface area contributed by atoms with Gasteiger partial charge in [0.2, 0.25) is 11.8 Å². The first-order valence-electron chi connectivity index (χ1n) is 10.2. The summed E-state index contributed by atoms with van der Waals surface area (Å²) in [4.78, 5) is 38.0. The zero-order valence-corrected chi connectivity index (χ0v) is 17.1. The van der Waals surface area contributed by atoms with Gasteiger partial charge < -0.3 is 20.4 Å². The van der Waals surface area contributed by atoms with E-state index in [4.69, 9.17) is 0 Å². The van der Waals surface area contributed by atoms with Gasteiger partial charge in [-0.1, -0.05) is 48.5 Å². The second kappa shape index (κ2) is 8.35. The molecule has 0 unspecified atom stereocenters. The molecule has 0 spiro atoms. The number of nitrogens with one attached hydrogen (secondary N) is 1. The van der Waals surface area contributed by atoms with E-state index >= 15 is 0 Å². The average Bonchev–Trinajstić information content (AvgIpc) is 3.15. The third-order valence-electron chi connectivity index (χ3n) is 5.89. The van der Waals surface area contributed by atoms with Crippen LogP contribution in [-0.2, 0) is 20.8 Å². The molecule has 1 heterocycles. The summed E-state index contributed by atoms with van der Waals surface area (Å²) in [6, 6.07) is 15.5. The number of carbonyl (C=O) groups is 3. The van der Waals surface area contributed by atoms with Gasteiger partial charge in [0, 0.05) is 26.3 Å². The maximum absolute atomic E-state index is 12.9.